The third-order valence-corrected chi connectivity index (χ3v) is 3.17. The van der Waals surface area contributed by atoms with Crippen LogP contribution < -0.4 is 4.74 Å². The second-order valence-corrected chi connectivity index (χ2v) is 4.46. The smallest absolute Gasteiger partial charge is 0.216 e. The van der Waals surface area contributed by atoms with Gasteiger partial charge in [-0.3, -0.25) is 4.79 Å². The number of ketones is 1. The quantitative estimate of drug-likeness (QED) is 0.769. The number of aromatic nitrogens is 2. The highest BCUT2D eigenvalue weighted by Gasteiger charge is 2.15. The number of rotatable bonds is 3. The minimum absolute atomic E-state index is 0.0117. The largest absolute Gasteiger partial charge is 0.481 e. The first kappa shape index (κ1) is 12.7. The summed E-state index contributed by atoms with van der Waals surface area (Å²) >= 11 is 0. The fourth-order valence-corrected chi connectivity index (χ4v) is 2.14. The Morgan fingerprint density at radius 3 is 2.89 bits per heavy atom. The van der Waals surface area contributed by atoms with Crippen molar-refractivity contribution in [3.63, 3.8) is 0 Å². The molecule has 1 aliphatic rings. The molecule has 0 fully saturated rings. The average molecular weight is 246 g/mol. The van der Waals surface area contributed by atoms with Crippen LogP contribution in [0.5, 0.6) is 5.88 Å². The molecule has 0 N–H and O–H groups in total. The van der Waals surface area contributed by atoms with Crippen molar-refractivity contribution in [2.75, 3.05) is 7.11 Å². The highest BCUT2D eigenvalue weighted by molar-refractivity contribution is 6.07. The van der Waals surface area contributed by atoms with Gasteiger partial charge in [0, 0.05) is 6.07 Å². The van der Waals surface area contributed by atoms with E-state index in [2.05, 4.69) is 16.0 Å². The predicted octanol–water partition coefficient (Wildman–Crippen LogP) is 2.95. The SMILES string of the molecule is COc1cc(C(=O)/C2=C/CCCCCC2)ncn1. The molecule has 0 aromatic carbocycles. The molecule has 0 saturated heterocycles. The molecule has 4 heteroatoms. The summed E-state index contributed by atoms with van der Waals surface area (Å²) < 4.78 is 5.01. The molecule has 96 valence electrons. The third kappa shape index (κ3) is 3.15. The number of ether oxygens (including phenoxy) is 1. The van der Waals surface area contributed by atoms with E-state index in [0.29, 0.717) is 11.6 Å². The van der Waals surface area contributed by atoms with Crippen LogP contribution in [0.3, 0.4) is 0 Å². The lowest BCUT2D eigenvalue weighted by Gasteiger charge is -2.10. The summed E-state index contributed by atoms with van der Waals surface area (Å²) in [7, 11) is 1.53. The van der Waals surface area contributed by atoms with Crippen molar-refractivity contribution in [2.24, 2.45) is 0 Å². The Balaban J connectivity index is 2.18. The fourth-order valence-electron chi connectivity index (χ4n) is 2.14. The van der Waals surface area contributed by atoms with E-state index in [1.807, 2.05) is 0 Å². The van der Waals surface area contributed by atoms with E-state index >= 15 is 0 Å². The highest BCUT2D eigenvalue weighted by atomic mass is 16.5. The molecule has 0 aliphatic heterocycles. The van der Waals surface area contributed by atoms with Crippen LogP contribution in [0.2, 0.25) is 0 Å². The Bertz CT molecular complexity index is 455. The molecule has 4 nitrogen and oxygen atoms in total. The molecular formula is C14H18N2O2. The number of hydrogen-bond donors (Lipinski definition) is 0. The monoisotopic (exact) mass is 246 g/mol. The molecule has 0 atom stereocenters. The number of Topliss-reactive ketones (excluding diaryl/α,β-unsaturated/α-hetero) is 1. The Labute approximate surface area is 107 Å². The molecule has 18 heavy (non-hydrogen) atoms. The van der Waals surface area contributed by atoms with Crippen LogP contribution in [-0.4, -0.2) is 22.9 Å². The Hall–Kier alpha value is -1.71. The summed E-state index contributed by atoms with van der Waals surface area (Å²) in [5.41, 5.74) is 1.31. The molecule has 0 radical (unpaired) electrons. The summed E-state index contributed by atoms with van der Waals surface area (Å²) in [6, 6.07) is 1.60. The topological polar surface area (TPSA) is 52.1 Å². The van der Waals surface area contributed by atoms with Crippen LogP contribution in [0.1, 0.15) is 49.0 Å². The van der Waals surface area contributed by atoms with E-state index in [1.165, 1.54) is 32.7 Å². The van der Waals surface area contributed by atoms with Gasteiger partial charge in [0.2, 0.25) is 11.7 Å². The molecule has 0 spiro atoms. The molecule has 0 amide bonds. The second-order valence-electron chi connectivity index (χ2n) is 4.46. The number of methoxy groups -OCH3 is 1. The molecular weight excluding hydrogens is 228 g/mol. The normalized spacial score (nSPS) is 19.3. The van der Waals surface area contributed by atoms with Gasteiger partial charge < -0.3 is 4.74 Å². The van der Waals surface area contributed by atoms with Gasteiger partial charge >= 0.3 is 0 Å². The van der Waals surface area contributed by atoms with Gasteiger partial charge in [-0.1, -0.05) is 18.9 Å². The number of carbonyl (C=O) groups is 1. The number of carbonyl (C=O) groups excluding carboxylic acids is 1. The van der Waals surface area contributed by atoms with Crippen LogP contribution in [0.4, 0.5) is 0 Å². The molecule has 1 heterocycles. The van der Waals surface area contributed by atoms with Crippen LogP contribution in [0.15, 0.2) is 24.0 Å². The number of nitrogens with zero attached hydrogens (tertiary/aromatic N) is 2. The van der Waals surface area contributed by atoms with Crippen molar-refractivity contribution >= 4 is 5.78 Å². The minimum Gasteiger partial charge on any atom is -0.481 e. The van der Waals surface area contributed by atoms with Gasteiger partial charge in [-0.15, -0.1) is 0 Å². The summed E-state index contributed by atoms with van der Waals surface area (Å²) in [5, 5.41) is 0. The van der Waals surface area contributed by atoms with Crippen LogP contribution >= 0.6 is 0 Å². The van der Waals surface area contributed by atoms with E-state index < -0.39 is 0 Å². The van der Waals surface area contributed by atoms with Gasteiger partial charge in [0.05, 0.1) is 7.11 Å². The molecule has 0 saturated carbocycles. The highest BCUT2D eigenvalue weighted by Crippen LogP contribution is 2.20. The zero-order valence-corrected chi connectivity index (χ0v) is 10.7. The van der Waals surface area contributed by atoms with E-state index in [-0.39, 0.29) is 5.78 Å². The van der Waals surface area contributed by atoms with Gasteiger partial charge in [0.15, 0.2) is 0 Å². The summed E-state index contributed by atoms with van der Waals surface area (Å²) in [5.74, 6) is 0.442. The van der Waals surface area contributed by atoms with Crippen molar-refractivity contribution in [1.82, 2.24) is 9.97 Å². The Morgan fingerprint density at radius 2 is 2.06 bits per heavy atom. The summed E-state index contributed by atoms with van der Waals surface area (Å²) in [4.78, 5) is 20.3. The molecule has 1 aliphatic carbocycles. The fraction of sp³-hybridized carbons (Fsp3) is 0.500. The van der Waals surface area contributed by atoms with E-state index in [4.69, 9.17) is 4.74 Å². The van der Waals surface area contributed by atoms with E-state index in [1.54, 1.807) is 6.07 Å². The lowest BCUT2D eigenvalue weighted by Crippen LogP contribution is -2.08. The Kier molecular flexibility index (Phi) is 4.45. The first-order valence-electron chi connectivity index (χ1n) is 6.41. The van der Waals surface area contributed by atoms with E-state index in [0.717, 1.165) is 24.8 Å². The van der Waals surface area contributed by atoms with E-state index in [9.17, 15) is 4.79 Å². The lowest BCUT2D eigenvalue weighted by atomic mass is 9.96. The van der Waals surface area contributed by atoms with Crippen molar-refractivity contribution in [3.8, 4) is 5.88 Å². The minimum atomic E-state index is 0.0117. The maximum absolute atomic E-state index is 12.3. The van der Waals surface area contributed by atoms with Gasteiger partial charge in [0.25, 0.3) is 0 Å². The summed E-state index contributed by atoms with van der Waals surface area (Å²) in [6.07, 6.45) is 10.0. The Morgan fingerprint density at radius 1 is 1.22 bits per heavy atom. The van der Waals surface area contributed by atoms with Crippen molar-refractivity contribution in [2.45, 2.75) is 38.5 Å². The average Bonchev–Trinajstić information content (AvgIpc) is 2.38. The molecule has 0 bridgehead atoms. The maximum Gasteiger partial charge on any atom is 0.216 e. The molecule has 2 rings (SSSR count). The molecule has 1 aromatic rings. The van der Waals surface area contributed by atoms with Crippen molar-refractivity contribution in [3.05, 3.63) is 29.7 Å². The third-order valence-electron chi connectivity index (χ3n) is 3.17. The van der Waals surface area contributed by atoms with Crippen LogP contribution in [-0.2, 0) is 0 Å². The van der Waals surface area contributed by atoms with Crippen LogP contribution in [0.25, 0.3) is 0 Å². The van der Waals surface area contributed by atoms with Gasteiger partial charge in [-0.2, -0.15) is 0 Å². The van der Waals surface area contributed by atoms with Crippen molar-refractivity contribution < 1.29 is 9.53 Å². The lowest BCUT2D eigenvalue weighted by molar-refractivity contribution is 0.102. The molecule has 0 unspecified atom stereocenters. The standard InChI is InChI=1S/C14H18N2O2/c1-18-13-9-12(15-10-16-13)14(17)11-7-5-3-2-4-6-8-11/h7,9-10H,2-6,8H2,1H3/b11-7+. The molecule has 1 aromatic heterocycles. The predicted molar refractivity (Wildman–Crippen MR) is 68.7 cm³/mol. The first-order chi connectivity index (χ1) is 8.81. The number of hydrogen-bond acceptors (Lipinski definition) is 4. The van der Waals surface area contributed by atoms with Gasteiger partial charge in [0.1, 0.15) is 12.0 Å². The zero-order valence-electron chi connectivity index (χ0n) is 10.7. The summed E-state index contributed by atoms with van der Waals surface area (Å²) in [6.45, 7) is 0. The van der Waals surface area contributed by atoms with Gasteiger partial charge in [-0.05, 0) is 31.3 Å². The maximum atomic E-state index is 12.3. The second kappa shape index (κ2) is 6.28. The van der Waals surface area contributed by atoms with Gasteiger partial charge in [-0.25, -0.2) is 9.97 Å². The number of allylic oxidation sites excluding steroid dienone is 2. The first-order valence-corrected chi connectivity index (χ1v) is 6.41. The van der Waals surface area contributed by atoms with Crippen molar-refractivity contribution in [1.29, 1.82) is 0 Å². The zero-order chi connectivity index (χ0) is 12.8. The van der Waals surface area contributed by atoms with Crippen LogP contribution in [0, 0.1) is 0 Å².